The summed E-state index contributed by atoms with van der Waals surface area (Å²) >= 11 is 0. The van der Waals surface area contributed by atoms with Crippen LogP contribution in [0.5, 0.6) is 5.88 Å². The average molecular weight is 355 g/mol. The van der Waals surface area contributed by atoms with Crippen LogP contribution in [-0.2, 0) is 6.54 Å². The number of amides is 1. The summed E-state index contributed by atoms with van der Waals surface area (Å²) in [5.74, 6) is 0.262. The fourth-order valence-corrected chi connectivity index (χ4v) is 2.82. The maximum absolute atomic E-state index is 12.4. The van der Waals surface area contributed by atoms with Crippen LogP contribution in [-0.4, -0.2) is 50.8 Å². The molecule has 0 bridgehead atoms. The van der Waals surface area contributed by atoms with Gasteiger partial charge in [-0.05, 0) is 25.5 Å². The van der Waals surface area contributed by atoms with Crippen molar-refractivity contribution in [3.8, 4) is 5.88 Å². The Morgan fingerprint density at radius 2 is 2.12 bits per heavy atom. The van der Waals surface area contributed by atoms with Gasteiger partial charge >= 0.3 is 0 Å². The molecule has 0 aliphatic heterocycles. The number of nitrogens with zero attached hydrogens (tertiary/aromatic N) is 4. The monoisotopic (exact) mass is 355 g/mol. The van der Waals surface area contributed by atoms with Gasteiger partial charge in [-0.15, -0.1) is 0 Å². The van der Waals surface area contributed by atoms with Crippen molar-refractivity contribution in [2.45, 2.75) is 20.4 Å². The average Bonchev–Trinajstić information content (AvgIpc) is 2.99. The van der Waals surface area contributed by atoms with Gasteiger partial charge in [-0.1, -0.05) is 0 Å². The molecule has 8 heteroatoms. The summed E-state index contributed by atoms with van der Waals surface area (Å²) in [7, 11) is 1.57. The van der Waals surface area contributed by atoms with E-state index in [9.17, 15) is 4.79 Å². The van der Waals surface area contributed by atoms with Crippen LogP contribution in [0.2, 0.25) is 0 Å². The summed E-state index contributed by atoms with van der Waals surface area (Å²) < 4.78 is 7.20. The zero-order chi connectivity index (χ0) is 18.7. The second-order valence-electron chi connectivity index (χ2n) is 5.99. The Balaban J connectivity index is 2.06. The van der Waals surface area contributed by atoms with E-state index in [1.54, 1.807) is 19.5 Å². The normalized spacial score (nSPS) is 10.9. The molecule has 3 aromatic rings. The number of hydrogen-bond acceptors (Lipinski definition) is 6. The van der Waals surface area contributed by atoms with Gasteiger partial charge < -0.3 is 19.7 Å². The number of rotatable bonds is 6. The Morgan fingerprint density at radius 3 is 2.85 bits per heavy atom. The lowest BCUT2D eigenvalue weighted by Crippen LogP contribution is -2.26. The van der Waals surface area contributed by atoms with Gasteiger partial charge in [0.05, 0.1) is 37.0 Å². The van der Waals surface area contributed by atoms with Crippen molar-refractivity contribution < 1.29 is 14.6 Å². The molecule has 0 saturated heterocycles. The number of methoxy groups -OCH3 is 1. The van der Waals surface area contributed by atoms with Crippen LogP contribution in [0.15, 0.2) is 24.8 Å². The molecule has 0 fully saturated rings. The number of hydrogen-bond donors (Lipinski definition) is 2. The van der Waals surface area contributed by atoms with E-state index in [1.807, 2.05) is 24.5 Å². The van der Waals surface area contributed by atoms with Gasteiger partial charge in [-0.3, -0.25) is 9.78 Å². The van der Waals surface area contributed by atoms with Crippen LogP contribution in [0, 0.1) is 13.8 Å². The lowest BCUT2D eigenvalue weighted by Gasteiger charge is -2.10. The standard InChI is InChI=1S/C18H21N5O3/c1-11-6-15-16(20-7-11)13(17(25)19-4-5-24)8-23(15)9-14-12(2)18(26-3)22-10-21-14/h6-8,10,24H,4-5,9H2,1-3H3,(H,19,25). The number of carbonyl (C=O) groups is 1. The van der Waals surface area contributed by atoms with E-state index in [0.29, 0.717) is 23.5 Å². The smallest absolute Gasteiger partial charge is 0.255 e. The van der Waals surface area contributed by atoms with E-state index in [2.05, 4.69) is 20.3 Å². The molecule has 3 rings (SSSR count). The minimum atomic E-state index is -0.267. The van der Waals surface area contributed by atoms with Crippen molar-refractivity contribution in [3.05, 3.63) is 47.2 Å². The topological polar surface area (TPSA) is 102 Å². The Kier molecular flexibility index (Phi) is 5.13. The van der Waals surface area contributed by atoms with Crippen LogP contribution < -0.4 is 10.1 Å². The van der Waals surface area contributed by atoms with Crippen molar-refractivity contribution >= 4 is 16.9 Å². The van der Waals surface area contributed by atoms with Gasteiger partial charge in [0.25, 0.3) is 5.91 Å². The molecular weight excluding hydrogens is 334 g/mol. The van der Waals surface area contributed by atoms with E-state index in [1.165, 1.54) is 6.33 Å². The molecule has 0 spiro atoms. The lowest BCUT2D eigenvalue weighted by atomic mass is 10.2. The lowest BCUT2D eigenvalue weighted by molar-refractivity contribution is 0.0946. The van der Waals surface area contributed by atoms with Crippen molar-refractivity contribution in [2.75, 3.05) is 20.3 Å². The Bertz CT molecular complexity index is 951. The van der Waals surface area contributed by atoms with Crippen LogP contribution in [0.1, 0.15) is 27.2 Å². The van der Waals surface area contributed by atoms with Crippen LogP contribution in [0.25, 0.3) is 11.0 Å². The van der Waals surface area contributed by atoms with E-state index >= 15 is 0 Å². The molecule has 26 heavy (non-hydrogen) atoms. The number of nitrogens with one attached hydrogen (secondary N) is 1. The summed E-state index contributed by atoms with van der Waals surface area (Å²) in [5, 5.41) is 11.6. The van der Waals surface area contributed by atoms with Crippen LogP contribution >= 0.6 is 0 Å². The fourth-order valence-electron chi connectivity index (χ4n) is 2.82. The number of aromatic nitrogens is 4. The highest BCUT2D eigenvalue weighted by Gasteiger charge is 2.18. The highest BCUT2D eigenvalue weighted by atomic mass is 16.5. The molecule has 0 atom stereocenters. The maximum atomic E-state index is 12.4. The largest absolute Gasteiger partial charge is 0.481 e. The number of carbonyl (C=O) groups excluding carboxylic acids is 1. The maximum Gasteiger partial charge on any atom is 0.255 e. The minimum Gasteiger partial charge on any atom is -0.481 e. The first-order valence-electron chi connectivity index (χ1n) is 8.24. The highest BCUT2D eigenvalue weighted by molar-refractivity contribution is 6.05. The summed E-state index contributed by atoms with van der Waals surface area (Å²) in [6, 6.07) is 1.99. The predicted octanol–water partition coefficient (Wildman–Crippen LogP) is 1.22. The molecule has 0 aliphatic carbocycles. The Morgan fingerprint density at radius 1 is 1.31 bits per heavy atom. The number of ether oxygens (including phenoxy) is 1. The number of aliphatic hydroxyl groups is 1. The zero-order valence-electron chi connectivity index (χ0n) is 15.0. The van der Waals surface area contributed by atoms with Gasteiger partial charge in [-0.25, -0.2) is 9.97 Å². The van der Waals surface area contributed by atoms with Gasteiger partial charge in [0.1, 0.15) is 11.8 Å². The van der Waals surface area contributed by atoms with E-state index < -0.39 is 0 Å². The first-order chi connectivity index (χ1) is 12.5. The Hall–Kier alpha value is -3.00. The SMILES string of the molecule is COc1ncnc(Cn2cc(C(=O)NCCO)c3ncc(C)cc32)c1C. The highest BCUT2D eigenvalue weighted by Crippen LogP contribution is 2.23. The summed E-state index contributed by atoms with van der Waals surface area (Å²) in [6.07, 6.45) is 4.96. The fraction of sp³-hybridized carbons (Fsp3) is 0.333. The third-order valence-corrected chi connectivity index (χ3v) is 4.15. The van der Waals surface area contributed by atoms with Crippen molar-refractivity contribution in [1.82, 2.24) is 24.8 Å². The van der Waals surface area contributed by atoms with Gasteiger partial charge in [0.2, 0.25) is 5.88 Å². The van der Waals surface area contributed by atoms with Crippen molar-refractivity contribution in [1.29, 1.82) is 0 Å². The predicted molar refractivity (Wildman–Crippen MR) is 96.3 cm³/mol. The molecule has 0 aliphatic rings. The first kappa shape index (κ1) is 17.8. The Labute approximate surface area is 150 Å². The van der Waals surface area contributed by atoms with Crippen LogP contribution in [0.3, 0.4) is 0 Å². The number of fused-ring (bicyclic) bond motifs is 1. The first-order valence-corrected chi connectivity index (χ1v) is 8.24. The van der Waals surface area contributed by atoms with E-state index in [4.69, 9.17) is 9.84 Å². The molecule has 0 radical (unpaired) electrons. The van der Waals surface area contributed by atoms with Gasteiger partial charge in [0, 0.05) is 24.5 Å². The summed E-state index contributed by atoms with van der Waals surface area (Å²) in [5.41, 5.74) is 4.57. The second kappa shape index (κ2) is 7.49. The molecule has 8 nitrogen and oxygen atoms in total. The van der Waals surface area contributed by atoms with E-state index in [-0.39, 0.29) is 19.1 Å². The third kappa shape index (κ3) is 3.36. The minimum absolute atomic E-state index is 0.114. The third-order valence-electron chi connectivity index (χ3n) is 4.15. The molecule has 3 heterocycles. The second-order valence-corrected chi connectivity index (χ2v) is 5.99. The van der Waals surface area contributed by atoms with Gasteiger partial charge in [0.15, 0.2) is 0 Å². The molecule has 0 aromatic carbocycles. The van der Waals surface area contributed by atoms with E-state index in [0.717, 1.165) is 22.3 Å². The number of pyridine rings is 1. The number of aryl methyl sites for hydroxylation is 1. The molecule has 1 amide bonds. The van der Waals surface area contributed by atoms with Crippen LogP contribution in [0.4, 0.5) is 0 Å². The summed E-state index contributed by atoms with van der Waals surface area (Å²) in [4.78, 5) is 25.3. The number of aliphatic hydroxyl groups excluding tert-OH is 1. The summed E-state index contributed by atoms with van der Waals surface area (Å²) in [6.45, 7) is 4.39. The molecular formula is C18H21N5O3. The quantitative estimate of drug-likeness (QED) is 0.689. The molecule has 0 unspecified atom stereocenters. The van der Waals surface area contributed by atoms with Gasteiger partial charge in [-0.2, -0.15) is 0 Å². The molecule has 0 saturated carbocycles. The molecule has 136 valence electrons. The molecule has 2 N–H and O–H groups in total. The zero-order valence-corrected chi connectivity index (χ0v) is 15.0. The van der Waals surface area contributed by atoms with Crippen molar-refractivity contribution in [3.63, 3.8) is 0 Å². The molecule has 3 aromatic heterocycles. The van der Waals surface area contributed by atoms with Crippen molar-refractivity contribution in [2.24, 2.45) is 0 Å².